The lowest BCUT2D eigenvalue weighted by molar-refractivity contribution is -0.192. The highest BCUT2D eigenvalue weighted by Crippen LogP contribution is 2.26. The van der Waals surface area contributed by atoms with Gasteiger partial charge in [0.2, 0.25) is 0 Å². The molecule has 0 bridgehead atoms. The highest BCUT2D eigenvalue weighted by atomic mass is 32.2. The van der Waals surface area contributed by atoms with Crippen LogP contribution in [0, 0.1) is 5.92 Å². The summed E-state index contributed by atoms with van der Waals surface area (Å²) < 4.78 is 65.0. The highest BCUT2D eigenvalue weighted by Gasteiger charge is 2.38. The molecular formula is C27H24F3N5O6S. The van der Waals surface area contributed by atoms with Crippen LogP contribution in [-0.2, 0) is 32.5 Å². The van der Waals surface area contributed by atoms with Gasteiger partial charge in [-0.1, -0.05) is 48.6 Å². The predicted molar refractivity (Wildman–Crippen MR) is 152 cm³/mol. The van der Waals surface area contributed by atoms with Crippen LogP contribution >= 0.6 is 0 Å². The number of amides is 1. The minimum atomic E-state index is -5.08. The van der Waals surface area contributed by atoms with E-state index in [1.807, 2.05) is 12.1 Å². The topological polar surface area (TPSA) is 184 Å². The number of hydrogen-bond acceptors (Lipinski definition) is 8. The standard InChI is InChI=1S/C20H21NO3S.C5H2N4O.C2HF3O2/c21-10-9-15-11-19-14(12-20(15)25(22,23)24)6-8-17-16-4-2-1-3-13(16)5-7-18(17)19;10-5-3-4(7-1-6-3)8-2-9-5;3-2(4,5)1(6)7/h1-2,4-8,11,15,20H,3,9-10,12,21H2,(H,22,23,24);1-2H;(H,6,7). The lowest BCUT2D eigenvalue weighted by atomic mass is 9.85. The van der Waals surface area contributed by atoms with Gasteiger partial charge in [0.25, 0.3) is 10.1 Å². The fourth-order valence-corrected chi connectivity index (χ4v) is 5.88. The Hall–Kier alpha value is -4.34. The number of aliphatic carboxylic acids is 1. The van der Waals surface area contributed by atoms with Crippen LogP contribution in [0.1, 0.15) is 17.5 Å². The van der Waals surface area contributed by atoms with Crippen molar-refractivity contribution < 1.29 is 40.8 Å². The van der Waals surface area contributed by atoms with Crippen molar-refractivity contribution in [2.45, 2.75) is 30.7 Å². The van der Waals surface area contributed by atoms with E-state index in [0.717, 1.165) is 22.6 Å². The number of nitrogens with two attached hydrogens (primary N) is 1. The Bertz CT molecular complexity index is 1820. The van der Waals surface area contributed by atoms with E-state index in [4.69, 9.17) is 15.6 Å². The van der Waals surface area contributed by atoms with Crippen molar-refractivity contribution in [1.82, 2.24) is 0 Å². The molecule has 2 aliphatic heterocycles. The van der Waals surface area contributed by atoms with Crippen LogP contribution in [0.5, 0.6) is 0 Å². The number of hydrogen-bond donors (Lipinski definition) is 3. The lowest BCUT2D eigenvalue weighted by Gasteiger charge is -2.27. The van der Waals surface area contributed by atoms with E-state index in [-0.39, 0.29) is 17.5 Å². The largest absolute Gasteiger partial charge is 0.490 e. The summed E-state index contributed by atoms with van der Waals surface area (Å²) in [5, 5.41) is 11.0. The summed E-state index contributed by atoms with van der Waals surface area (Å²) in [5.41, 5.74) is 8.19. The van der Waals surface area contributed by atoms with E-state index in [1.165, 1.54) is 28.8 Å². The molecule has 4 N–H and O–H groups in total. The molecule has 6 rings (SSSR count). The molecule has 15 heteroatoms. The zero-order valence-electron chi connectivity index (χ0n) is 21.7. The van der Waals surface area contributed by atoms with Gasteiger partial charge in [0, 0.05) is 0 Å². The number of amidine groups is 1. The van der Waals surface area contributed by atoms with Gasteiger partial charge in [-0.15, -0.1) is 0 Å². The average molecular weight is 604 g/mol. The SMILES string of the molecule is NCCC1C=c2c(ccc3c4c(ccc23)CC=CC=4)CC1S(=O)(=O)O.O=C(O)C(F)(F)F.O=C1N=CN=C2N=CN=C12. The number of nitrogens with zero attached hydrogens (tertiary/aromatic N) is 4. The molecule has 1 amide bonds. The van der Waals surface area contributed by atoms with Gasteiger partial charge >= 0.3 is 18.1 Å². The molecule has 2 aromatic rings. The molecule has 2 unspecified atom stereocenters. The molecule has 2 atom stereocenters. The first kappa shape index (κ1) is 30.6. The van der Waals surface area contributed by atoms with E-state index >= 15 is 0 Å². The number of carboxylic acids is 1. The quantitative estimate of drug-likeness (QED) is 0.442. The van der Waals surface area contributed by atoms with Crippen LogP contribution in [0.2, 0.25) is 0 Å². The van der Waals surface area contributed by atoms with Gasteiger partial charge in [-0.2, -0.15) is 26.6 Å². The smallest absolute Gasteiger partial charge is 0.475 e. The number of halogens is 3. The van der Waals surface area contributed by atoms with Crippen molar-refractivity contribution in [2.75, 3.05) is 6.54 Å². The summed E-state index contributed by atoms with van der Waals surface area (Å²) in [7, 11) is -4.11. The molecule has 11 nitrogen and oxygen atoms in total. The van der Waals surface area contributed by atoms with Crippen LogP contribution in [0.25, 0.3) is 22.9 Å². The molecular weight excluding hydrogens is 579 g/mol. The summed E-state index contributed by atoms with van der Waals surface area (Å²) in [6.45, 7) is 0.390. The first-order chi connectivity index (χ1) is 19.8. The second kappa shape index (κ2) is 12.3. The Morgan fingerprint density at radius 1 is 1.02 bits per heavy atom. The number of rotatable bonds is 3. The number of carbonyl (C=O) groups excluding carboxylic acids is 1. The molecule has 2 aromatic carbocycles. The number of allylic oxidation sites excluding steroid dienone is 2. The van der Waals surface area contributed by atoms with Crippen LogP contribution in [0.4, 0.5) is 13.2 Å². The molecule has 0 aromatic heterocycles. The Morgan fingerprint density at radius 3 is 2.29 bits per heavy atom. The predicted octanol–water partition coefficient (Wildman–Crippen LogP) is 1.36. The van der Waals surface area contributed by atoms with E-state index in [9.17, 15) is 30.9 Å². The summed E-state index contributed by atoms with van der Waals surface area (Å²) in [5.74, 6) is -3.03. The number of carbonyl (C=O) groups is 2. The summed E-state index contributed by atoms with van der Waals surface area (Å²) in [4.78, 5) is 34.2. The molecule has 0 saturated heterocycles. The summed E-state index contributed by atoms with van der Waals surface area (Å²) in [6.07, 6.45) is 7.55. The van der Waals surface area contributed by atoms with Gasteiger partial charge < -0.3 is 10.8 Å². The van der Waals surface area contributed by atoms with E-state index < -0.39 is 27.5 Å². The van der Waals surface area contributed by atoms with Gasteiger partial charge in [0.15, 0.2) is 11.5 Å². The van der Waals surface area contributed by atoms with Gasteiger partial charge in [-0.3, -0.25) is 9.35 Å². The van der Waals surface area contributed by atoms with Crippen molar-refractivity contribution in [1.29, 1.82) is 0 Å². The zero-order valence-corrected chi connectivity index (χ0v) is 22.5. The van der Waals surface area contributed by atoms with E-state index in [0.29, 0.717) is 25.2 Å². The molecule has 2 heterocycles. The third-order valence-corrected chi connectivity index (χ3v) is 8.02. The van der Waals surface area contributed by atoms with Crippen LogP contribution < -0.4 is 16.2 Å². The van der Waals surface area contributed by atoms with Crippen molar-refractivity contribution in [3.63, 3.8) is 0 Å². The number of benzene rings is 2. The number of carboxylic acid groups (broad SMARTS) is 1. The third-order valence-electron chi connectivity index (χ3n) is 6.74. The first-order valence-electron chi connectivity index (χ1n) is 12.4. The second-order valence-electron chi connectivity index (χ2n) is 9.36. The maximum atomic E-state index is 11.8. The minimum absolute atomic E-state index is 0.238. The van der Waals surface area contributed by atoms with E-state index in [2.05, 4.69) is 56.4 Å². The first-order valence-corrected chi connectivity index (χ1v) is 14.0. The summed E-state index contributed by atoms with van der Waals surface area (Å²) >= 11 is 0. The van der Waals surface area contributed by atoms with Crippen molar-refractivity contribution in [3.05, 3.63) is 58.0 Å². The van der Waals surface area contributed by atoms with Gasteiger partial charge in [-0.05, 0) is 64.1 Å². The van der Waals surface area contributed by atoms with Gasteiger partial charge in [-0.25, -0.2) is 19.8 Å². The molecule has 0 spiro atoms. The molecule has 220 valence electrons. The maximum Gasteiger partial charge on any atom is 0.490 e. The second-order valence-corrected chi connectivity index (χ2v) is 11.0. The Balaban J connectivity index is 0.000000195. The Kier molecular flexibility index (Phi) is 8.94. The monoisotopic (exact) mass is 603 g/mol. The number of alkyl halides is 3. The van der Waals surface area contributed by atoms with Crippen molar-refractivity contribution in [3.8, 4) is 0 Å². The Morgan fingerprint density at radius 2 is 1.67 bits per heavy atom. The highest BCUT2D eigenvalue weighted by molar-refractivity contribution is 7.86. The van der Waals surface area contributed by atoms with E-state index in [1.54, 1.807) is 0 Å². The van der Waals surface area contributed by atoms with Gasteiger partial charge in [0.1, 0.15) is 12.7 Å². The minimum Gasteiger partial charge on any atom is -0.475 e. The van der Waals surface area contributed by atoms with Crippen LogP contribution in [0.3, 0.4) is 0 Å². The third kappa shape index (κ3) is 6.75. The average Bonchev–Trinajstić information content (AvgIpc) is 3.43. The molecule has 0 fully saturated rings. The Labute approximate surface area is 236 Å². The fourth-order valence-electron chi connectivity index (χ4n) is 4.83. The number of aliphatic imine (C=N–C) groups is 4. The van der Waals surface area contributed by atoms with Gasteiger partial charge in [0.05, 0.1) is 5.25 Å². The lowest BCUT2D eigenvalue weighted by Crippen LogP contribution is -2.38. The molecule has 0 saturated carbocycles. The fraction of sp³-hybridized carbons (Fsp3) is 0.259. The van der Waals surface area contributed by atoms with Crippen LogP contribution in [-0.4, -0.2) is 72.1 Å². The normalized spacial score (nSPS) is 19.9. The van der Waals surface area contributed by atoms with Crippen molar-refractivity contribution in [2.24, 2.45) is 31.6 Å². The summed E-state index contributed by atoms with van der Waals surface area (Å²) in [6, 6.07) is 8.35. The zero-order chi connectivity index (χ0) is 30.7. The molecule has 42 heavy (non-hydrogen) atoms. The number of fused-ring (bicyclic) bond motifs is 6. The molecule has 0 radical (unpaired) electrons. The van der Waals surface area contributed by atoms with Crippen LogP contribution in [0.15, 0.2) is 56.4 Å². The molecule has 4 aliphatic rings. The van der Waals surface area contributed by atoms with Crippen molar-refractivity contribution >= 4 is 69.1 Å². The molecule has 2 aliphatic carbocycles. The maximum absolute atomic E-state index is 11.8.